The highest BCUT2D eigenvalue weighted by Gasteiger charge is 2.33. The maximum Gasteiger partial charge on any atom is 0.0827 e. The number of fused-ring (bicyclic) bond motifs is 1. The van der Waals surface area contributed by atoms with E-state index < -0.39 is 0 Å². The average molecular weight is 216 g/mol. The molecule has 1 saturated heterocycles. The van der Waals surface area contributed by atoms with E-state index in [-0.39, 0.29) is 0 Å². The van der Waals surface area contributed by atoms with Gasteiger partial charge in [-0.25, -0.2) is 0 Å². The van der Waals surface area contributed by atoms with Gasteiger partial charge in [-0.15, -0.1) is 0 Å². The van der Waals surface area contributed by atoms with Crippen molar-refractivity contribution in [1.29, 1.82) is 0 Å². The van der Waals surface area contributed by atoms with E-state index in [1.54, 1.807) is 0 Å². The van der Waals surface area contributed by atoms with E-state index in [1.807, 2.05) is 0 Å². The molecule has 0 spiro atoms. The summed E-state index contributed by atoms with van der Waals surface area (Å²) in [6.45, 7) is 0.990. The second kappa shape index (κ2) is 4.58. The highest BCUT2D eigenvalue weighted by atomic mass is 16.5. The largest absolute Gasteiger partial charge is 0.373 e. The van der Waals surface area contributed by atoms with Gasteiger partial charge in [-0.2, -0.15) is 0 Å². The van der Waals surface area contributed by atoms with Crippen molar-refractivity contribution in [3.05, 3.63) is 35.9 Å². The lowest BCUT2D eigenvalue weighted by Gasteiger charge is -2.39. The van der Waals surface area contributed by atoms with Crippen LogP contribution in [0.1, 0.15) is 43.8 Å². The Morgan fingerprint density at radius 3 is 2.50 bits per heavy atom. The van der Waals surface area contributed by atoms with E-state index in [4.69, 9.17) is 4.74 Å². The van der Waals surface area contributed by atoms with Crippen LogP contribution >= 0.6 is 0 Å². The number of benzene rings is 1. The first-order valence-electron chi connectivity index (χ1n) is 6.60. The van der Waals surface area contributed by atoms with Gasteiger partial charge in [-0.1, -0.05) is 43.2 Å². The summed E-state index contributed by atoms with van der Waals surface area (Å²) in [5, 5.41) is 0. The minimum Gasteiger partial charge on any atom is -0.373 e. The van der Waals surface area contributed by atoms with Crippen molar-refractivity contribution in [1.82, 2.24) is 0 Å². The Morgan fingerprint density at radius 1 is 0.938 bits per heavy atom. The Hall–Kier alpha value is -0.820. The highest BCUT2D eigenvalue weighted by molar-refractivity contribution is 5.18. The predicted molar refractivity (Wildman–Crippen MR) is 65.2 cm³/mol. The monoisotopic (exact) mass is 216 g/mol. The summed E-state index contributed by atoms with van der Waals surface area (Å²) in [4.78, 5) is 0. The topological polar surface area (TPSA) is 9.23 Å². The minimum absolute atomic E-state index is 0.362. The number of hydrogen-bond donors (Lipinski definition) is 0. The molecule has 1 heterocycles. The lowest BCUT2D eigenvalue weighted by molar-refractivity contribution is -0.0612. The van der Waals surface area contributed by atoms with Gasteiger partial charge in [-0.05, 0) is 36.7 Å². The van der Waals surface area contributed by atoms with Crippen molar-refractivity contribution in [3.8, 4) is 0 Å². The van der Waals surface area contributed by atoms with Crippen molar-refractivity contribution < 1.29 is 4.74 Å². The van der Waals surface area contributed by atoms with Crippen LogP contribution in [0.15, 0.2) is 30.3 Å². The molecule has 1 aliphatic heterocycles. The van der Waals surface area contributed by atoms with Crippen LogP contribution in [0, 0.1) is 11.8 Å². The first kappa shape index (κ1) is 10.3. The molecule has 1 nitrogen and oxygen atoms in total. The minimum atomic E-state index is 0.362. The maximum absolute atomic E-state index is 6.03. The molecule has 2 fully saturated rings. The molecule has 2 aliphatic rings. The summed E-state index contributed by atoms with van der Waals surface area (Å²) in [5.74, 6) is 1.78. The molecule has 1 heteroatoms. The summed E-state index contributed by atoms with van der Waals surface area (Å²) in [5.41, 5.74) is 1.37. The van der Waals surface area contributed by atoms with E-state index in [9.17, 15) is 0 Å². The van der Waals surface area contributed by atoms with Crippen LogP contribution in [0.2, 0.25) is 0 Å². The Labute approximate surface area is 97.8 Å². The van der Waals surface area contributed by atoms with Gasteiger partial charge in [0, 0.05) is 0 Å². The van der Waals surface area contributed by atoms with E-state index >= 15 is 0 Å². The van der Waals surface area contributed by atoms with Crippen LogP contribution in [0.5, 0.6) is 0 Å². The first-order chi connectivity index (χ1) is 7.93. The zero-order valence-corrected chi connectivity index (χ0v) is 9.77. The third kappa shape index (κ3) is 2.01. The van der Waals surface area contributed by atoms with Crippen LogP contribution in [0.3, 0.4) is 0 Å². The highest BCUT2D eigenvalue weighted by Crippen LogP contribution is 2.41. The van der Waals surface area contributed by atoms with Crippen molar-refractivity contribution in [2.24, 2.45) is 11.8 Å². The van der Waals surface area contributed by atoms with Crippen molar-refractivity contribution in [2.75, 3.05) is 6.61 Å². The van der Waals surface area contributed by atoms with Gasteiger partial charge >= 0.3 is 0 Å². The summed E-state index contributed by atoms with van der Waals surface area (Å²) < 4.78 is 6.03. The standard InChI is InChI=1S/C15H20O/c1-2-6-12(7-3-1)15-10-13-8-4-5-9-14(13)11-16-15/h1-3,6-7,13-15H,4-5,8-11H2/t13-,14+,15+/m0/s1. The van der Waals surface area contributed by atoms with Crippen LogP contribution in [0.25, 0.3) is 0 Å². The second-order valence-electron chi connectivity index (χ2n) is 5.27. The molecule has 1 saturated carbocycles. The first-order valence-corrected chi connectivity index (χ1v) is 6.60. The fourth-order valence-corrected chi connectivity index (χ4v) is 3.30. The Kier molecular flexibility index (Phi) is 2.96. The molecule has 0 bridgehead atoms. The van der Waals surface area contributed by atoms with E-state index in [2.05, 4.69) is 30.3 Å². The number of ether oxygens (including phenoxy) is 1. The number of hydrogen-bond acceptors (Lipinski definition) is 1. The molecule has 0 N–H and O–H groups in total. The Morgan fingerprint density at radius 2 is 1.69 bits per heavy atom. The molecular formula is C15H20O. The molecule has 0 aromatic heterocycles. The summed E-state index contributed by atoms with van der Waals surface area (Å²) >= 11 is 0. The molecule has 1 aliphatic carbocycles. The van der Waals surface area contributed by atoms with Gasteiger partial charge in [0.2, 0.25) is 0 Å². The fourth-order valence-electron chi connectivity index (χ4n) is 3.30. The predicted octanol–water partition coefficient (Wildman–Crippen LogP) is 3.95. The van der Waals surface area contributed by atoms with Gasteiger partial charge in [0.25, 0.3) is 0 Å². The molecule has 86 valence electrons. The molecule has 3 rings (SSSR count). The lowest BCUT2D eigenvalue weighted by Crippen LogP contribution is -2.31. The van der Waals surface area contributed by atoms with Crippen LogP contribution in [0.4, 0.5) is 0 Å². The Bertz CT molecular complexity index is 333. The Balaban J connectivity index is 1.71. The maximum atomic E-state index is 6.03. The zero-order chi connectivity index (χ0) is 10.8. The smallest absolute Gasteiger partial charge is 0.0827 e. The van der Waals surface area contributed by atoms with Gasteiger partial charge in [-0.3, -0.25) is 0 Å². The van der Waals surface area contributed by atoms with Crippen LogP contribution < -0.4 is 0 Å². The molecule has 1 aromatic carbocycles. The quantitative estimate of drug-likeness (QED) is 0.690. The van der Waals surface area contributed by atoms with Crippen molar-refractivity contribution in [2.45, 2.75) is 38.2 Å². The summed E-state index contributed by atoms with van der Waals surface area (Å²) in [6.07, 6.45) is 7.28. The molecule has 1 aromatic rings. The average Bonchev–Trinajstić information content (AvgIpc) is 2.39. The van der Waals surface area contributed by atoms with E-state index in [0.717, 1.165) is 18.4 Å². The molecule has 0 unspecified atom stereocenters. The lowest BCUT2D eigenvalue weighted by atomic mass is 9.74. The molecular weight excluding hydrogens is 196 g/mol. The normalized spacial score (nSPS) is 34.4. The van der Waals surface area contributed by atoms with Gasteiger partial charge in [0.1, 0.15) is 0 Å². The SMILES string of the molecule is c1ccc([C@H]2C[C@@H]3CCCC[C@@H]3CO2)cc1. The second-order valence-corrected chi connectivity index (χ2v) is 5.27. The van der Waals surface area contributed by atoms with Gasteiger partial charge in [0.15, 0.2) is 0 Å². The molecule has 0 amide bonds. The number of rotatable bonds is 1. The zero-order valence-electron chi connectivity index (χ0n) is 9.77. The molecule has 0 radical (unpaired) electrons. The van der Waals surface area contributed by atoms with Gasteiger partial charge in [0.05, 0.1) is 12.7 Å². The molecule has 16 heavy (non-hydrogen) atoms. The fraction of sp³-hybridized carbons (Fsp3) is 0.600. The van der Waals surface area contributed by atoms with E-state index in [0.29, 0.717) is 6.10 Å². The summed E-state index contributed by atoms with van der Waals surface area (Å²) in [6, 6.07) is 10.7. The molecule has 3 atom stereocenters. The van der Waals surface area contributed by atoms with E-state index in [1.165, 1.54) is 37.7 Å². The van der Waals surface area contributed by atoms with Crippen LogP contribution in [-0.4, -0.2) is 6.61 Å². The van der Waals surface area contributed by atoms with Crippen molar-refractivity contribution in [3.63, 3.8) is 0 Å². The van der Waals surface area contributed by atoms with Gasteiger partial charge < -0.3 is 4.74 Å². The third-order valence-corrected chi connectivity index (χ3v) is 4.27. The third-order valence-electron chi connectivity index (χ3n) is 4.27. The summed E-state index contributed by atoms with van der Waals surface area (Å²) in [7, 11) is 0. The van der Waals surface area contributed by atoms with Crippen LogP contribution in [-0.2, 0) is 4.74 Å². The van der Waals surface area contributed by atoms with Crippen molar-refractivity contribution >= 4 is 0 Å².